The summed E-state index contributed by atoms with van der Waals surface area (Å²) >= 11 is 0. The van der Waals surface area contributed by atoms with Crippen molar-refractivity contribution in [3.05, 3.63) is 0 Å². The summed E-state index contributed by atoms with van der Waals surface area (Å²) in [4.78, 5) is 24.8. The number of nitrogens with zero attached hydrogens (tertiary/aromatic N) is 1. The van der Waals surface area contributed by atoms with Gasteiger partial charge in [-0.1, -0.05) is 6.42 Å². The van der Waals surface area contributed by atoms with Crippen LogP contribution < -0.4 is 5.73 Å². The molecule has 0 aromatic heterocycles. The van der Waals surface area contributed by atoms with Crippen LogP contribution in [0, 0.1) is 17.8 Å². The first-order valence-electron chi connectivity index (χ1n) is 6.35. The number of carboxylic acids is 1. The van der Waals surface area contributed by atoms with E-state index in [0.29, 0.717) is 32.0 Å². The molecule has 0 aromatic rings. The molecule has 3 N–H and O–H groups in total. The summed E-state index contributed by atoms with van der Waals surface area (Å²) < 4.78 is 0. The van der Waals surface area contributed by atoms with Gasteiger partial charge in [-0.25, -0.2) is 0 Å². The van der Waals surface area contributed by atoms with Gasteiger partial charge in [-0.15, -0.1) is 0 Å². The van der Waals surface area contributed by atoms with Crippen molar-refractivity contribution >= 4 is 11.9 Å². The summed E-state index contributed by atoms with van der Waals surface area (Å²) in [6, 6.07) is 0. The second-order valence-corrected chi connectivity index (χ2v) is 5.14. The number of carbonyl (C=O) groups is 2. The van der Waals surface area contributed by atoms with Crippen LogP contribution in [-0.4, -0.2) is 41.5 Å². The van der Waals surface area contributed by atoms with Gasteiger partial charge < -0.3 is 15.7 Å². The summed E-state index contributed by atoms with van der Waals surface area (Å²) in [6.07, 6.45) is 3.59. The number of carbonyl (C=O) groups excluding carboxylic acids is 1. The standard InChI is InChI=1S/C12H20N2O3/c13-6-8-2-1-3-10(8)11(15)14-5-4-9(7-14)12(16)17/h8-10H,1-7,13H2,(H,16,17). The van der Waals surface area contributed by atoms with Crippen LogP contribution in [0.15, 0.2) is 0 Å². The van der Waals surface area contributed by atoms with Crippen molar-refractivity contribution in [2.45, 2.75) is 25.7 Å². The largest absolute Gasteiger partial charge is 0.481 e. The van der Waals surface area contributed by atoms with Crippen LogP contribution in [0.3, 0.4) is 0 Å². The first-order chi connectivity index (χ1) is 8.13. The number of aliphatic carboxylic acids is 1. The average molecular weight is 240 g/mol. The molecular formula is C12H20N2O3. The zero-order valence-electron chi connectivity index (χ0n) is 9.97. The molecule has 1 saturated heterocycles. The third kappa shape index (κ3) is 2.44. The van der Waals surface area contributed by atoms with E-state index in [2.05, 4.69) is 0 Å². The molecule has 3 atom stereocenters. The van der Waals surface area contributed by atoms with E-state index in [9.17, 15) is 9.59 Å². The highest BCUT2D eigenvalue weighted by molar-refractivity contribution is 5.81. The maximum Gasteiger partial charge on any atom is 0.308 e. The molecule has 3 unspecified atom stereocenters. The molecular weight excluding hydrogens is 220 g/mol. The lowest BCUT2D eigenvalue weighted by Gasteiger charge is -2.24. The fourth-order valence-electron chi connectivity index (χ4n) is 3.04. The number of nitrogens with two attached hydrogens (primary N) is 1. The van der Waals surface area contributed by atoms with Crippen molar-refractivity contribution in [2.24, 2.45) is 23.5 Å². The Morgan fingerprint density at radius 2 is 2.06 bits per heavy atom. The molecule has 0 aromatic carbocycles. The Balaban J connectivity index is 1.95. The Hall–Kier alpha value is -1.10. The summed E-state index contributed by atoms with van der Waals surface area (Å²) in [5, 5.41) is 8.92. The number of rotatable bonds is 3. The van der Waals surface area contributed by atoms with Crippen LogP contribution in [-0.2, 0) is 9.59 Å². The summed E-state index contributed by atoms with van der Waals surface area (Å²) in [6.45, 7) is 1.53. The molecule has 1 heterocycles. The van der Waals surface area contributed by atoms with Gasteiger partial charge in [-0.05, 0) is 31.7 Å². The minimum absolute atomic E-state index is 0.0348. The normalized spacial score (nSPS) is 33.0. The van der Waals surface area contributed by atoms with Gasteiger partial charge in [-0.3, -0.25) is 9.59 Å². The van der Waals surface area contributed by atoms with Crippen molar-refractivity contribution in [1.82, 2.24) is 4.90 Å². The third-order valence-corrected chi connectivity index (χ3v) is 4.13. The smallest absolute Gasteiger partial charge is 0.308 e. The molecule has 2 rings (SSSR count). The molecule has 1 aliphatic carbocycles. The average Bonchev–Trinajstić information content (AvgIpc) is 2.96. The Morgan fingerprint density at radius 1 is 1.29 bits per heavy atom. The number of hydrogen-bond acceptors (Lipinski definition) is 3. The Bertz CT molecular complexity index is 319. The van der Waals surface area contributed by atoms with E-state index in [4.69, 9.17) is 10.8 Å². The predicted molar refractivity (Wildman–Crippen MR) is 62.2 cm³/mol. The highest BCUT2D eigenvalue weighted by Crippen LogP contribution is 2.33. The highest BCUT2D eigenvalue weighted by atomic mass is 16.4. The number of amides is 1. The van der Waals surface area contributed by atoms with E-state index in [0.717, 1.165) is 19.3 Å². The quantitative estimate of drug-likeness (QED) is 0.743. The van der Waals surface area contributed by atoms with E-state index in [-0.39, 0.29) is 17.7 Å². The van der Waals surface area contributed by atoms with Crippen LogP contribution >= 0.6 is 0 Å². The van der Waals surface area contributed by atoms with Gasteiger partial charge in [0.05, 0.1) is 5.92 Å². The monoisotopic (exact) mass is 240 g/mol. The molecule has 1 aliphatic heterocycles. The van der Waals surface area contributed by atoms with Crippen LogP contribution in [0.25, 0.3) is 0 Å². The van der Waals surface area contributed by atoms with Gasteiger partial charge >= 0.3 is 5.97 Å². The van der Waals surface area contributed by atoms with Gasteiger partial charge in [0.15, 0.2) is 0 Å². The van der Waals surface area contributed by atoms with Crippen molar-refractivity contribution in [2.75, 3.05) is 19.6 Å². The summed E-state index contributed by atoms with van der Waals surface area (Å²) in [5.74, 6) is -0.709. The van der Waals surface area contributed by atoms with Gasteiger partial charge in [-0.2, -0.15) is 0 Å². The Morgan fingerprint density at radius 3 is 2.65 bits per heavy atom. The fourth-order valence-corrected chi connectivity index (χ4v) is 3.04. The second kappa shape index (κ2) is 5.04. The zero-order valence-corrected chi connectivity index (χ0v) is 9.97. The Kier molecular flexibility index (Phi) is 3.66. The SMILES string of the molecule is NCC1CCCC1C(=O)N1CCC(C(=O)O)C1. The minimum atomic E-state index is -0.790. The molecule has 2 fully saturated rings. The predicted octanol–water partition coefficient (Wildman–Crippen LogP) is 0.295. The van der Waals surface area contributed by atoms with Crippen molar-refractivity contribution in [1.29, 1.82) is 0 Å². The van der Waals surface area contributed by atoms with Gasteiger partial charge in [0, 0.05) is 19.0 Å². The first-order valence-corrected chi connectivity index (χ1v) is 6.35. The van der Waals surface area contributed by atoms with E-state index in [1.54, 1.807) is 4.90 Å². The molecule has 0 spiro atoms. The van der Waals surface area contributed by atoms with E-state index < -0.39 is 5.97 Å². The molecule has 5 nitrogen and oxygen atoms in total. The topological polar surface area (TPSA) is 83.6 Å². The van der Waals surface area contributed by atoms with Gasteiger partial charge in [0.2, 0.25) is 5.91 Å². The maximum atomic E-state index is 12.3. The lowest BCUT2D eigenvalue weighted by molar-refractivity contribution is -0.141. The van der Waals surface area contributed by atoms with Crippen molar-refractivity contribution in [3.8, 4) is 0 Å². The zero-order chi connectivity index (χ0) is 12.4. The molecule has 2 aliphatic rings. The summed E-state index contributed by atoms with van der Waals surface area (Å²) in [7, 11) is 0. The van der Waals surface area contributed by atoms with Gasteiger partial charge in [0.25, 0.3) is 0 Å². The number of likely N-dealkylation sites (tertiary alicyclic amines) is 1. The molecule has 0 radical (unpaired) electrons. The molecule has 17 heavy (non-hydrogen) atoms. The summed E-state index contributed by atoms with van der Waals surface area (Å²) in [5.41, 5.74) is 5.67. The minimum Gasteiger partial charge on any atom is -0.481 e. The molecule has 1 amide bonds. The van der Waals surface area contributed by atoms with Crippen LogP contribution in [0.1, 0.15) is 25.7 Å². The Labute approximate surface area is 101 Å². The van der Waals surface area contributed by atoms with E-state index in [1.807, 2.05) is 0 Å². The fraction of sp³-hybridized carbons (Fsp3) is 0.833. The van der Waals surface area contributed by atoms with E-state index >= 15 is 0 Å². The number of carboxylic acid groups (broad SMARTS) is 1. The lowest BCUT2D eigenvalue weighted by atomic mass is 9.95. The highest BCUT2D eigenvalue weighted by Gasteiger charge is 2.38. The molecule has 0 bridgehead atoms. The maximum absolute atomic E-state index is 12.3. The first kappa shape index (κ1) is 12.4. The van der Waals surface area contributed by atoms with Crippen LogP contribution in [0.5, 0.6) is 0 Å². The van der Waals surface area contributed by atoms with Crippen LogP contribution in [0.2, 0.25) is 0 Å². The second-order valence-electron chi connectivity index (χ2n) is 5.14. The lowest BCUT2D eigenvalue weighted by Crippen LogP contribution is -2.38. The molecule has 1 saturated carbocycles. The van der Waals surface area contributed by atoms with Gasteiger partial charge in [0.1, 0.15) is 0 Å². The molecule has 5 heteroatoms. The number of hydrogen-bond donors (Lipinski definition) is 2. The third-order valence-electron chi connectivity index (χ3n) is 4.13. The van der Waals surface area contributed by atoms with Crippen molar-refractivity contribution < 1.29 is 14.7 Å². The van der Waals surface area contributed by atoms with E-state index in [1.165, 1.54) is 0 Å². The molecule has 96 valence electrons. The van der Waals surface area contributed by atoms with Crippen molar-refractivity contribution in [3.63, 3.8) is 0 Å². The van der Waals surface area contributed by atoms with Crippen LogP contribution in [0.4, 0.5) is 0 Å².